The van der Waals surface area contributed by atoms with Crippen molar-refractivity contribution < 1.29 is 19.5 Å². The van der Waals surface area contributed by atoms with E-state index in [4.69, 9.17) is 5.11 Å². The number of nitrogens with one attached hydrogen (secondary N) is 1. The monoisotopic (exact) mass is 320 g/mol. The minimum Gasteiger partial charge on any atom is -0.478 e. The van der Waals surface area contributed by atoms with Crippen molar-refractivity contribution in [3.63, 3.8) is 0 Å². The number of carboxylic acids is 1. The molecular formula is C15H16N2O4S. The molecule has 2 aliphatic rings. The maximum absolute atomic E-state index is 12.4. The molecule has 2 saturated heterocycles. The number of benzene rings is 1. The van der Waals surface area contributed by atoms with Crippen molar-refractivity contribution in [1.82, 2.24) is 4.90 Å². The largest absolute Gasteiger partial charge is 0.478 e. The van der Waals surface area contributed by atoms with E-state index in [9.17, 15) is 14.4 Å². The SMILES string of the molecule is C[C@@]12CCC(=O)N1[C@@H](C(=O)Nc1ccc(C(=O)O)cc1)CS2. The fourth-order valence-corrected chi connectivity index (χ4v) is 4.37. The van der Waals surface area contributed by atoms with Gasteiger partial charge in [0.15, 0.2) is 0 Å². The zero-order valence-electron chi connectivity index (χ0n) is 12.0. The summed E-state index contributed by atoms with van der Waals surface area (Å²) in [6.07, 6.45) is 1.26. The van der Waals surface area contributed by atoms with E-state index in [1.165, 1.54) is 12.1 Å². The molecule has 0 radical (unpaired) electrons. The van der Waals surface area contributed by atoms with Gasteiger partial charge < -0.3 is 15.3 Å². The Bertz CT molecular complexity index is 645. The lowest BCUT2D eigenvalue weighted by Crippen LogP contribution is -2.48. The first-order valence-electron chi connectivity index (χ1n) is 7.01. The Morgan fingerprint density at radius 2 is 2.05 bits per heavy atom. The number of fused-ring (bicyclic) bond motifs is 1. The van der Waals surface area contributed by atoms with Crippen LogP contribution in [0.25, 0.3) is 0 Å². The normalized spacial score (nSPS) is 26.9. The Morgan fingerprint density at radius 1 is 1.36 bits per heavy atom. The van der Waals surface area contributed by atoms with Crippen LogP contribution in [-0.2, 0) is 9.59 Å². The highest BCUT2D eigenvalue weighted by atomic mass is 32.2. The summed E-state index contributed by atoms with van der Waals surface area (Å²) in [5, 5.41) is 11.6. The van der Waals surface area contributed by atoms with Gasteiger partial charge in [-0.2, -0.15) is 0 Å². The number of amides is 2. The van der Waals surface area contributed by atoms with Gasteiger partial charge >= 0.3 is 5.97 Å². The fourth-order valence-electron chi connectivity index (χ4n) is 2.94. The van der Waals surface area contributed by atoms with Gasteiger partial charge in [-0.05, 0) is 37.6 Å². The Labute approximate surface area is 131 Å². The molecule has 22 heavy (non-hydrogen) atoms. The summed E-state index contributed by atoms with van der Waals surface area (Å²) in [6, 6.07) is 5.51. The average Bonchev–Trinajstić information content (AvgIpc) is 2.97. The smallest absolute Gasteiger partial charge is 0.335 e. The zero-order chi connectivity index (χ0) is 15.9. The van der Waals surface area contributed by atoms with Crippen molar-refractivity contribution in [1.29, 1.82) is 0 Å². The van der Waals surface area contributed by atoms with Crippen LogP contribution in [0, 0.1) is 0 Å². The molecule has 2 aliphatic heterocycles. The van der Waals surface area contributed by atoms with E-state index in [0.717, 1.165) is 6.42 Å². The molecule has 2 amide bonds. The van der Waals surface area contributed by atoms with Crippen LogP contribution >= 0.6 is 11.8 Å². The third kappa shape index (κ3) is 2.45. The first-order valence-corrected chi connectivity index (χ1v) is 8.00. The summed E-state index contributed by atoms with van der Waals surface area (Å²) in [7, 11) is 0. The summed E-state index contributed by atoms with van der Waals surface area (Å²) in [5.41, 5.74) is 0.692. The van der Waals surface area contributed by atoms with Gasteiger partial charge in [0, 0.05) is 17.9 Å². The summed E-state index contributed by atoms with van der Waals surface area (Å²) >= 11 is 1.64. The van der Waals surface area contributed by atoms with Crippen molar-refractivity contribution in [2.24, 2.45) is 0 Å². The number of nitrogens with zero attached hydrogens (tertiary/aromatic N) is 1. The van der Waals surface area contributed by atoms with E-state index < -0.39 is 12.0 Å². The van der Waals surface area contributed by atoms with E-state index in [1.54, 1.807) is 28.8 Å². The van der Waals surface area contributed by atoms with Crippen LogP contribution in [0.2, 0.25) is 0 Å². The minimum atomic E-state index is -1.01. The van der Waals surface area contributed by atoms with Gasteiger partial charge in [0.2, 0.25) is 11.8 Å². The van der Waals surface area contributed by atoms with Crippen molar-refractivity contribution in [3.8, 4) is 0 Å². The van der Waals surface area contributed by atoms with Gasteiger partial charge in [-0.15, -0.1) is 11.8 Å². The molecule has 0 aromatic heterocycles. The molecule has 0 spiro atoms. The second kappa shape index (κ2) is 5.31. The third-order valence-electron chi connectivity index (χ3n) is 4.15. The second-order valence-electron chi connectivity index (χ2n) is 5.64. The Hall–Kier alpha value is -2.02. The Morgan fingerprint density at radius 3 is 2.68 bits per heavy atom. The molecule has 0 bridgehead atoms. The first-order chi connectivity index (χ1) is 10.4. The van der Waals surface area contributed by atoms with E-state index in [2.05, 4.69) is 5.32 Å². The van der Waals surface area contributed by atoms with Crippen LogP contribution in [0.1, 0.15) is 30.1 Å². The maximum atomic E-state index is 12.4. The van der Waals surface area contributed by atoms with Gasteiger partial charge in [-0.1, -0.05) is 0 Å². The van der Waals surface area contributed by atoms with E-state index in [1.807, 2.05) is 6.92 Å². The van der Waals surface area contributed by atoms with Gasteiger partial charge in [-0.25, -0.2) is 4.79 Å². The quantitative estimate of drug-likeness (QED) is 0.886. The van der Waals surface area contributed by atoms with Crippen molar-refractivity contribution in [2.45, 2.75) is 30.7 Å². The van der Waals surface area contributed by atoms with Gasteiger partial charge in [-0.3, -0.25) is 9.59 Å². The molecular weight excluding hydrogens is 304 g/mol. The zero-order valence-corrected chi connectivity index (χ0v) is 12.9. The summed E-state index contributed by atoms with van der Waals surface area (Å²) in [5.74, 6) is -0.631. The number of carbonyl (C=O) groups excluding carboxylic acids is 2. The summed E-state index contributed by atoms with van der Waals surface area (Å²) in [6.45, 7) is 2.00. The van der Waals surface area contributed by atoms with Crippen LogP contribution in [0.5, 0.6) is 0 Å². The lowest BCUT2D eigenvalue weighted by atomic mass is 10.2. The van der Waals surface area contributed by atoms with E-state index >= 15 is 0 Å². The molecule has 1 aromatic carbocycles. The number of carbonyl (C=O) groups is 3. The molecule has 6 nitrogen and oxygen atoms in total. The van der Waals surface area contributed by atoms with Crippen LogP contribution in [0.4, 0.5) is 5.69 Å². The maximum Gasteiger partial charge on any atom is 0.335 e. The Balaban J connectivity index is 1.72. The molecule has 0 unspecified atom stereocenters. The number of thioether (sulfide) groups is 1. The van der Waals surface area contributed by atoms with Crippen LogP contribution in [0.15, 0.2) is 24.3 Å². The number of anilines is 1. The molecule has 2 atom stereocenters. The van der Waals surface area contributed by atoms with E-state index in [0.29, 0.717) is 17.9 Å². The standard InChI is InChI=1S/C15H16N2O4S/c1-15-7-6-12(18)17(15)11(8-22-15)13(19)16-10-4-2-9(3-5-10)14(20)21/h2-5,11H,6-8H2,1H3,(H,16,19)(H,20,21)/t11-,15-/m1/s1. The highest BCUT2D eigenvalue weighted by molar-refractivity contribution is 8.01. The number of hydrogen-bond acceptors (Lipinski definition) is 4. The molecule has 0 aliphatic carbocycles. The predicted molar refractivity (Wildman–Crippen MR) is 82.8 cm³/mol. The second-order valence-corrected chi connectivity index (χ2v) is 7.14. The number of hydrogen-bond donors (Lipinski definition) is 2. The molecule has 2 heterocycles. The molecule has 116 valence electrons. The van der Waals surface area contributed by atoms with Crippen LogP contribution < -0.4 is 5.32 Å². The van der Waals surface area contributed by atoms with Crippen molar-refractivity contribution in [3.05, 3.63) is 29.8 Å². The van der Waals surface area contributed by atoms with Gasteiger partial charge in [0.25, 0.3) is 0 Å². The molecule has 1 aromatic rings. The molecule has 3 rings (SSSR count). The average molecular weight is 320 g/mol. The Kier molecular flexibility index (Phi) is 3.60. The highest BCUT2D eigenvalue weighted by Gasteiger charge is 2.52. The van der Waals surface area contributed by atoms with E-state index in [-0.39, 0.29) is 22.2 Å². The van der Waals surface area contributed by atoms with Crippen LogP contribution in [0.3, 0.4) is 0 Å². The lowest BCUT2D eigenvalue weighted by Gasteiger charge is -2.29. The van der Waals surface area contributed by atoms with Gasteiger partial charge in [0.1, 0.15) is 6.04 Å². The number of rotatable bonds is 3. The lowest BCUT2D eigenvalue weighted by molar-refractivity contribution is -0.135. The van der Waals surface area contributed by atoms with Crippen LogP contribution in [-0.4, -0.2) is 44.5 Å². The minimum absolute atomic E-state index is 0.0221. The van der Waals surface area contributed by atoms with Crippen molar-refractivity contribution >= 4 is 35.2 Å². The molecule has 2 N–H and O–H groups in total. The number of carboxylic acid groups (broad SMARTS) is 1. The van der Waals surface area contributed by atoms with Crippen molar-refractivity contribution in [2.75, 3.05) is 11.1 Å². The topological polar surface area (TPSA) is 86.7 Å². The summed E-state index contributed by atoms with van der Waals surface area (Å²) in [4.78, 5) is 36.7. The first kappa shape index (κ1) is 14.9. The van der Waals surface area contributed by atoms with Gasteiger partial charge in [0.05, 0.1) is 10.4 Å². The number of aromatic carboxylic acids is 1. The molecule has 7 heteroatoms. The highest BCUT2D eigenvalue weighted by Crippen LogP contribution is 2.47. The predicted octanol–water partition coefficient (Wildman–Crippen LogP) is 1.78. The summed E-state index contributed by atoms with van der Waals surface area (Å²) < 4.78 is 0. The third-order valence-corrected chi connectivity index (χ3v) is 5.65. The molecule has 0 saturated carbocycles. The molecule has 2 fully saturated rings. The fraction of sp³-hybridized carbons (Fsp3) is 0.400.